The third kappa shape index (κ3) is 3.81. The van der Waals surface area contributed by atoms with E-state index in [1.165, 1.54) is 13.2 Å². The molecule has 1 heterocycles. The fraction of sp³-hybridized carbons (Fsp3) is 0.267. The summed E-state index contributed by atoms with van der Waals surface area (Å²) in [5.41, 5.74) is 1.28. The van der Waals surface area contributed by atoms with Gasteiger partial charge in [0.2, 0.25) is 0 Å². The Morgan fingerprint density at radius 2 is 2.10 bits per heavy atom. The monoisotopic (exact) mass is 416 g/mol. The number of nitrogens with zero attached hydrogens (tertiary/aromatic N) is 1. The normalized spacial score (nSPS) is 12.2. The summed E-state index contributed by atoms with van der Waals surface area (Å²) in [5, 5.41) is 3.27. The number of halogens is 3. The van der Waals surface area contributed by atoms with E-state index in [-0.39, 0.29) is 11.9 Å². The number of aromatic nitrogens is 1. The van der Waals surface area contributed by atoms with Crippen molar-refractivity contribution in [3.05, 3.63) is 56.5 Å². The first-order valence-corrected chi connectivity index (χ1v) is 8.03. The van der Waals surface area contributed by atoms with Gasteiger partial charge in [-0.05, 0) is 50.5 Å². The lowest BCUT2D eigenvalue weighted by atomic mass is 10.0. The second kappa shape index (κ2) is 7.33. The highest BCUT2D eigenvalue weighted by molar-refractivity contribution is 9.11. The van der Waals surface area contributed by atoms with Gasteiger partial charge in [-0.1, -0.05) is 13.0 Å². The number of methoxy groups -OCH3 is 1. The third-order valence-electron chi connectivity index (χ3n) is 3.04. The van der Waals surface area contributed by atoms with E-state index >= 15 is 0 Å². The summed E-state index contributed by atoms with van der Waals surface area (Å²) in [6.45, 7) is 2.67. The van der Waals surface area contributed by atoms with Gasteiger partial charge in [0.25, 0.3) is 0 Å². The van der Waals surface area contributed by atoms with Crippen LogP contribution < -0.4 is 10.1 Å². The number of benzene rings is 1. The highest BCUT2D eigenvalue weighted by Gasteiger charge is 2.21. The lowest BCUT2D eigenvalue weighted by Gasteiger charge is -2.20. The van der Waals surface area contributed by atoms with Crippen molar-refractivity contribution in [2.45, 2.75) is 13.0 Å². The van der Waals surface area contributed by atoms with Crippen LogP contribution in [0.1, 0.15) is 24.2 Å². The molecule has 0 fully saturated rings. The number of nitrogens with one attached hydrogen (secondary N) is 1. The van der Waals surface area contributed by atoms with Gasteiger partial charge >= 0.3 is 0 Å². The van der Waals surface area contributed by atoms with Crippen molar-refractivity contribution in [3.63, 3.8) is 0 Å². The molecule has 6 heteroatoms. The van der Waals surface area contributed by atoms with E-state index in [9.17, 15) is 4.39 Å². The molecular weight excluding hydrogens is 403 g/mol. The van der Waals surface area contributed by atoms with Gasteiger partial charge in [0, 0.05) is 26.8 Å². The van der Waals surface area contributed by atoms with Crippen LogP contribution in [0.3, 0.4) is 0 Å². The van der Waals surface area contributed by atoms with Crippen LogP contribution in [0.2, 0.25) is 0 Å². The van der Waals surface area contributed by atoms with Crippen LogP contribution in [0, 0.1) is 5.82 Å². The van der Waals surface area contributed by atoms with Crippen molar-refractivity contribution in [1.29, 1.82) is 0 Å². The van der Waals surface area contributed by atoms with Crippen LogP contribution in [0.15, 0.2) is 39.4 Å². The molecule has 0 saturated heterocycles. The quantitative estimate of drug-likeness (QED) is 0.780. The summed E-state index contributed by atoms with van der Waals surface area (Å²) in [4.78, 5) is 4.40. The second-order valence-corrected chi connectivity index (χ2v) is 6.17. The maximum atomic E-state index is 14.3. The lowest BCUT2D eigenvalue weighted by Crippen LogP contribution is -2.24. The molecule has 0 aliphatic rings. The van der Waals surface area contributed by atoms with E-state index in [1.807, 2.05) is 13.0 Å². The summed E-state index contributed by atoms with van der Waals surface area (Å²) in [5.74, 6) is 0.172. The van der Waals surface area contributed by atoms with Crippen molar-refractivity contribution in [3.8, 4) is 5.75 Å². The summed E-state index contributed by atoms with van der Waals surface area (Å²) in [6.07, 6.45) is 1.70. The van der Waals surface area contributed by atoms with Gasteiger partial charge in [-0.2, -0.15) is 0 Å². The molecule has 1 aromatic heterocycles. The Bertz CT molecular complexity index is 637. The van der Waals surface area contributed by atoms with E-state index in [1.54, 1.807) is 18.3 Å². The zero-order valence-corrected chi connectivity index (χ0v) is 14.8. The first-order valence-electron chi connectivity index (χ1n) is 6.44. The largest absolute Gasteiger partial charge is 0.497 e. The van der Waals surface area contributed by atoms with Crippen LogP contribution in [0.5, 0.6) is 5.75 Å². The maximum Gasteiger partial charge on any atom is 0.132 e. The van der Waals surface area contributed by atoms with Crippen LogP contribution in [-0.4, -0.2) is 18.6 Å². The molecule has 112 valence electrons. The van der Waals surface area contributed by atoms with Gasteiger partial charge in [0.15, 0.2) is 0 Å². The number of rotatable bonds is 5. The molecule has 1 N–H and O–H groups in total. The fourth-order valence-corrected chi connectivity index (χ4v) is 3.28. The van der Waals surface area contributed by atoms with Crippen LogP contribution in [0.4, 0.5) is 4.39 Å². The van der Waals surface area contributed by atoms with Crippen molar-refractivity contribution in [1.82, 2.24) is 10.3 Å². The summed E-state index contributed by atoms with van der Waals surface area (Å²) in [7, 11) is 1.52. The summed E-state index contributed by atoms with van der Waals surface area (Å²) in [6, 6.07) is 6.41. The first kappa shape index (κ1) is 16.4. The molecule has 2 rings (SSSR count). The Kier molecular flexibility index (Phi) is 5.72. The topological polar surface area (TPSA) is 34.1 Å². The number of pyridine rings is 1. The molecule has 0 aliphatic carbocycles. The van der Waals surface area contributed by atoms with Crippen LogP contribution >= 0.6 is 31.9 Å². The minimum absolute atomic E-state index is 0.322. The Morgan fingerprint density at radius 1 is 1.33 bits per heavy atom. The van der Waals surface area contributed by atoms with E-state index in [0.717, 1.165) is 14.6 Å². The van der Waals surface area contributed by atoms with Crippen molar-refractivity contribution in [2.24, 2.45) is 0 Å². The van der Waals surface area contributed by atoms with E-state index < -0.39 is 0 Å². The van der Waals surface area contributed by atoms with E-state index in [4.69, 9.17) is 4.74 Å². The van der Waals surface area contributed by atoms with Crippen molar-refractivity contribution in [2.75, 3.05) is 13.7 Å². The zero-order chi connectivity index (χ0) is 15.4. The van der Waals surface area contributed by atoms with Crippen LogP contribution in [-0.2, 0) is 0 Å². The Morgan fingerprint density at radius 3 is 2.67 bits per heavy atom. The molecule has 0 saturated carbocycles. The number of hydrogen-bond acceptors (Lipinski definition) is 3. The predicted molar refractivity (Wildman–Crippen MR) is 88.1 cm³/mol. The smallest absolute Gasteiger partial charge is 0.132 e. The maximum absolute atomic E-state index is 14.3. The minimum atomic E-state index is -0.330. The molecule has 0 aliphatic heterocycles. The SMILES string of the molecule is CCNC(c1ccc(OC)cc1F)c1ncc(Br)cc1Br. The molecule has 2 aromatic rings. The fourth-order valence-electron chi connectivity index (χ4n) is 2.06. The molecule has 0 bridgehead atoms. The summed E-state index contributed by atoms with van der Waals surface area (Å²) < 4.78 is 21.1. The average Bonchev–Trinajstić information content (AvgIpc) is 2.46. The van der Waals surface area contributed by atoms with Gasteiger partial charge in [-0.15, -0.1) is 0 Å². The molecule has 0 radical (unpaired) electrons. The Balaban J connectivity index is 2.48. The highest BCUT2D eigenvalue weighted by atomic mass is 79.9. The van der Waals surface area contributed by atoms with Gasteiger partial charge in [0.05, 0.1) is 18.8 Å². The molecule has 1 aromatic carbocycles. The first-order chi connectivity index (χ1) is 10.1. The average molecular weight is 418 g/mol. The zero-order valence-electron chi connectivity index (χ0n) is 11.7. The van der Waals surface area contributed by atoms with Crippen molar-refractivity contribution >= 4 is 31.9 Å². The van der Waals surface area contributed by atoms with E-state index in [0.29, 0.717) is 17.9 Å². The highest BCUT2D eigenvalue weighted by Crippen LogP contribution is 2.31. The van der Waals surface area contributed by atoms with E-state index in [2.05, 4.69) is 42.2 Å². The third-order valence-corrected chi connectivity index (χ3v) is 4.11. The van der Waals surface area contributed by atoms with Gasteiger partial charge in [-0.3, -0.25) is 4.98 Å². The van der Waals surface area contributed by atoms with Gasteiger partial charge in [0.1, 0.15) is 11.6 Å². The van der Waals surface area contributed by atoms with Gasteiger partial charge < -0.3 is 10.1 Å². The molecule has 1 unspecified atom stereocenters. The number of ether oxygens (including phenoxy) is 1. The second-order valence-electron chi connectivity index (χ2n) is 4.40. The predicted octanol–water partition coefficient (Wildman–Crippen LogP) is 4.45. The molecule has 0 amide bonds. The lowest BCUT2D eigenvalue weighted by molar-refractivity contribution is 0.410. The molecule has 1 atom stereocenters. The standard InChI is InChI=1S/C15H15Br2FN2O/c1-3-19-14(15-12(17)6-9(16)8-20-15)11-5-4-10(21-2)7-13(11)18/h4-8,14,19H,3H2,1-2H3. The number of hydrogen-bond donors (Lipinski definition) is 1. The molecule has 3 nitrogen and oxygen atoms in total. The van der Waals surface area contributed by atoms with Gasteiger partial charge in [-0.25, -0.2) is 4.39 Å². The van der Waals surface area contributed by atoms with Crippen LogP contribution in [0.25, 0.3) is 0 Å². The minimum Gasteiger partial charge on any atom is -0.497 e. The Hall–Kier alpha value is -0.980. The molecule has 21 heavy (non-hydrogen) atoms. The Labute approximate surface area is 140 Å². The molecular formula is C15H15Br2FN2O. The molecule has 0 spiro atoms. The summed E-state index contributed by atoms with van der Waals surface area (Å²) >= 11 is 6.86. The van der Waals surface area contributed by atoms with Crippen molar-refractivity contribution < 1.29 is 9.13 Å².